The zero-order chi connectivity index (χ0) is 13.0. The summed E-state index contributed by atoms with van der Waals surface area (Å²) in [5.41, 5.74) is 2.01. The molecule has 4 nitrogen and oxygen atoms in total. The number of methoxy groups -OCH3 is 1. The maximum atomic E-state index is 11.1. The summed E-state index contributed by atoms with van der Waals surface area (Å²) in [6.45, 7) is 2.30. The summed E-state index contributed by atoms with van der Waals surface area (Å²) >= 11 is 0. The van der Waals surface area contributed by atoms with E-state index in [0.717, 1.165) is 30.6 Å². The highest BCUT2D eigenvalue weighted by Gasteiger charge is 2.28. The third kappa shape index (κ3) is 3.31. The van der Waals surface area contributed by atoms with E-state index in [2.05, 4.69) is 10.6 Å². The Balaban J connectivity index is 1.87. The number of ether oxygens (including phenoxy) is 1. The monoisotopic (exact) mass is 248 g/mol. The predicted molar refractivity (Wildman–Crippen MR) is 71.4 cm³/mol. The van der Waals surface area contributed by atoms with Crippen molar-refractivity contribution < 1.29 is 9.53 Å². The number of benzene rings is 1. The minimum Gasteiger partial charge on any atom is -0.381 e. The molecule has 1 aliphatic carbocycles. The summed E-state index contributed by atoms with van der Waals surface area (Å²) in [5, 5.41) is 6.33. The van der Waals surface area contributed by atoms with Gasteiger partial charge in [0.25, 0.3) is 0 Å². The molecule has 1 saturated carbocycles. The van der Waals surface area contributed by atoms with Crippen LogP contribution in [0.15, 0.2) is 24.3 Å². The van der Waals surface area contributed by atoms with Crippen LogP contribution < -0.4 is 10.6 Å². The van der Waals surface area contributed by atoms with E-state index < -0.39 is 0 Å². The van der Waals surface area contributed by atoms with Crippen molar-refractivity contribution in [1.29, 1.82) is 0 Å². The molecule has 1 aliphatic rings. The van der Waals surface area contributed by atoms with Crippen molar-refractivity contribution in [3.05, 3.63) is 29.8 Å². The summed E-state index contributed by atoms with van der Waals surface area (Å²) < 4.78 is 5.25. The van der Waals surface area contributed by atoms with E-state index in [-0.39, 0.29) is 5.91 Å². The molecule has 98 valence electrons. The topological polar surface area (TPSA) is 50.4 Å². The normalized spacial score (nSPS) is 22.3. The SMILES string of the molecule is COC1CC(NCc2ccccc2NC(C)=O)C1. The van der Waals surface area contributed by atoms with Crippen molar-refractivity contribution >= 4 is 11.6 Å². The molecule has 0 saturated heterocycles. The summed E-state index contributed by atoms with van der Waals surface area (Å²) in [5.74, 6) is -0.0365. The molecule has 0 aliphatic heterocycles. The Bertz CT molecular complexity index is 414. The Morgan fingerprint density at radius 1 is 1.39 bits per heavy atom. The molecule has 1 amide bonds. The molecule has 0 unspecified atom stereocenters. The first-order chi connectivity index (χ1) is 8.69. The lowest BCUT2D eigenvalue weighted by Gasteiger charge is -2.35. The highest BCUT2D eigenvalue weighted by molar-refractivity contribution is 5.89. The lowest BCUT2D eigenvalue weighted by atomic mass is 9.89. The third-order valence-corrected chi connectivity index (χ3v) is 3.34. The highest BCUT2D eigenvalue weighted by atomic mass is 16.5. The zero-order valence-corrected chi connectivity index (χ0v) is 10.9. The second-order valence-corrected chi connectivity index (χ2v) is 4.75. The molecule has 1 aromatic rings. The van der Waals surface area contributed by atoms with Crippen LogP contribution in [0.1, 0.15) is 25.3 Å². The first kappa shape index (κ1) is 13.1. The van der Waals surface area contributed by atoms with E-state index in [1.807, 2.05) is 24.3 Å². The molecule has 2 N–H and O–H groups in total. The van der Waals surface area contributed by atoms with E-state index in [1.165, 1.54) is 6.92 Å². The lowest BCUT2D eigenvalue weighted by Crippen LogP contribution is -2.44. The van der Waals surface area contributed by atoms with Crippen LogP contribution in [0.5, 0.6) is 0 Å². The molecule has 0 atom stereocenters. The maximum Gasteiger partial charge on any atom is 0.221 e. The van der Waals surface area contributed by atoms with Gasteiger partial charge in [-0.15, -0.1) is 0 Å². The minimum atomic E-state index is -0.0365. The average molecular weight is 248 g/mol. The summed E-state index contributed by atoms with van der Waals surface area (Å²) in [6, 6.07) is 8.41. The van der Waals surface area contributed by atoms with E-state index >= 15 is 0 Å². The van der Waals surface area contributed by atoms with Gasteiger partial charge in [-0.05, 0) is 24.5 Å². The van der Waals surface area contributed by atoms with Gasteiger partial charge in [0.1, 0.15) is 0 Å². The van der Waals surface area contributed by atoms with Crippen LogP contribution in [-0.4, -0.2) is 25.2 Å². The average Bonchev–Trinajstić information content (AvgIpc) is 2.28. The molecule has 0 bridgehead atoms. The Labute approximate surface area is 108 Å². The Morgan fingerprint density at radius 3 is 2.78 bits per heavy atom. The van der Waals surface area contributed by atoms with Crippen LogP contribution in [0.25, 0.3) is 0 Å². The maximum absolute atomic E-state index is 11.1. The number of anilines is 1. The van der Waals surface area contributed by atoms with Crippen molar-refractivity contribution in [2.75, 3.05) is 12.4 Å². The largest absolute Gasteiger partial charge is 0.381 e. The molecular formula is C14H20N2O2. The molecule has 1 fully saturated rings. The van der Waals surface area contributed by atoms with Gasteiger partial charge >= 0.3 is 0 Å². The zero-order valence-electron chi connectivity index (χ0n) is 10.9. The van der Waals surface area contributed by atoms with Crippen molar-refractivity contribution in [2.24, 2.45) is 0 Å². The number of nitrogens with one attached hydrogen (secondary N) is 2. The van der Waals surface area contributed by atoms with E-state index in [4.69, 9.17) is 4.74 Å². The minimum absolute atomic E-state index is 0.0365. The fraction of sp³-hybridized carbons (Fsp3) is 0.500. The van der Waals surface area contributed by atoms with Crippen LogP contribution in [-0.2, 0) is 16.1 Å². The summed E-state index contributed by atoms with van der Waals surface area (Å²) in [7, 11) is 1.76. The number of hydrogen-bond acceptors (Lipinski definition) is 3. The second-order valence-electron chi connectivity index (χ2n) is 4.75. The van der Waals surface area contributed by atoms with Gasteiger partial charge in [-0.3, -0.25) is 4.79 Å². The van der Waals surface area contributed by atoms with Crippen molar-refractivity contribution in [2.45, 2.75) is 38.5 Å². The molecule has 0 spiro atoms. The van der Waals surface area contributed by atoms with Gasteiger partial charge in [0.05, 0.1) is 6.10 Å². The fourth-order valence-electron chi connectivity index (χ4n) is 2.17. The van der Waals surface area contributed by atoms with Gasteiger partial charge in [0.15, 0.2) is 0 Å². The lowest BCUT2D eigenvalue weighted by molar-refractivity contribution is -0.114. The highest BCUT2D eigenvalue weighted by Crippen LogP contribution is 2.23. The fourth-order valence-corrected chi connectivity index (χ4v) is 2.17. The quantitative estimate of drug-likeness (QED) is 0.837. The Morgan fingerprint density at radius 2 is 2.11 bits per heavy atom. The van der Waals surface area contributed by atoms with Crippen LogP contribution in [0.2, 0.25) is 0 Å². The van der Waals surface area contributed by atoms with Crippen molar-refractivity contribution in [3.8, 4) is 0 Å². The molecule has 18 heavy (non-hydrogen) atoms. The number of rotatable bonds is 5. The van der Waals surface area contributed by atoms with Crippen molar-refractivity contribution in [3.63, 3.8) is 0 Å². The summed E-state index contributed by atoms with van der Waals surface area (Å²) in [4.78, 5) is 11.1. The van der Waals surface area contributed by atoms with Crippen LogP contribution in [0, 0.1) is 0 Å². The third-order valence-electron chi connectivity index (χ3n) is 3.34. The van der Waals surface area contributed by atoms with Crippen molar-refractivity contribution in [1.82, 2.24) is 5.32 Å². The molecular weight excluding hydrogens is 228 g/mol. The summed E-state index contributed by atoms with van der Waals surface area (Å²) in [6.07, 6.45) is 2.55. The van der Waals surface area contributed by atoms with Gasteiger partial charge in [0, 0.05) is 32.3 Å². The van der Waals surface area contributed by atoms with Crippen LogP contribution in [0.4, 0.5) is 5.69 Å². The number of carbonyl (C=O) groups is 1. The second kappa shape index (κ2) is 5.98. The van der Waals surface area contributed by atoms with Gasteiger partial charge in [-0.1, -0.05) is 18.2 Å². The van der Waals surface area contributed by atoms with Crippen LogP contribution >= 0.6 is 0 Å². The molecule has 1 aromatic carbocycles. The number of amides is 1. The molecule has 0 radical (unpaired) electrons. The number of hydrogen-bond donors (Lipinski definition) is 2. The van der Waals surface area contributed by atoms with E-state index in [0.29, 0.717) is 12.1 Å². The van der Waals surface area contributed by atoms with Gasteiger partial charge in [-0.2, -0.15) is 0 Å². The van der Waals surface area contributed by atoms with E-state index in [9.17, 15) is 4.79 Å². The molecule has 4 heteroatoms. The standard InChI is InChI=1S/C14H20N2O2/c1-10(17)16-14-6-4-3-5-11(14)9-15-12-7-13(8-12)18-2/h3-6,12-13,15H,7-9H2,1-2H3,(H,16,17). The molecule has 0 heterocycles. The van der Waals surface area contributed by atoms with E-state index in [1.54, 1.807) is 7.11 Å². The number of carbonyl (C=O) groups excluding carboxylic acids is 1. The van der Waals surface area contributed by atoms with Gasteiger partial charge < -0.3 is 15.4 Å². The first-order valence-corrected chi connectivity index (χ1v) is 6.30. The molecule has 2 rings (SSSR count). The Hall–Kier alpha value is -1.39. The number of para-hydroxylation sites is 1. The predicted octanol–water partition coefficient (Wildman–Crippen LogP) is 1.91. The molecule has 0 aromatic heterocycles. The first-order valence-electron chi connectivity index (χ1n) is 6.30. The smallest absolute Gasteiger partial charge is 0.221 e. The van der Waals surface area contributed by atoms with Crippen LogP contribution in [0.3, 0.4) is 0 Å². The Kier molecular flexibility index (Phi) is 4.33. The van der Waals surface area contributed by atoms with Gasteiger partial charge in [-0.25, -0.2) is 0 Å². The van der Waals surface area contributed by atoms with Gasteiger partial charge in [0.2, 0.25) is 5.91 Å².